The standard InChI is InChI=1S/C24H40O8Si/c1-10-33(12(2)3,13(4)5)29-11-18-22(31-17(9)26)20(15(7)25)21(16(8)30-18)19-14(6)23(27)32-24(19)28/h12-14,16,18-22H,10-11H2,1-9H3. The van der Waals surface area contributed by atoms with Gasteiger partial charge in [0.15, 0.2) is 8.32 Å². The van der Waals surface area contributed by atoms with Crippen LogP contribution in [-0.4, -0.2) is 56.9 Å². The fraction of sp³-hybridized carbons (Fsp3) is 0.833. The summed E-state index contributed by atoms with van der Waals surface area (Å²) < 4.78 is 23.4. The van der Waals surface area contributed by atoms with Crippen molar-refractivity contribution in [3.8, 4) is 0 Å². The van der Waals surface area contributed by atoms with Crippen LogP contribution in [0.1, 0.15) is 62.3 Å². The molecule has 2 aliphatic rings. The van der Waals surface area contributed by atoms with Gasteiger partial charge in [-0.05, 0) is 31.0 Å². The van der Waals surface area contributed by atoms with Crippen LogP contribution in [0.4, 0.5) is 0 Å². The van der Waals surface area contributed by atoms with E-state index in [9.17, 15) is 19.2 Å². The van der Waals surface area contributed by atoms with Crippen LogP contribution in [-0.2, 0) is 37.8 Å². The Bertz CT molecular complexity index is 756. The van der Waals surface area contributed by atoms with Crippen molar-refractivity contribution in [2.75, 3.05) is 6.61 Å². The highest BCUT2D eigenvalue weighted by Crippen LogP contribution is 2.44. The van der Waals surface area contributed by atoms with Gasteiger partial charge in [-0.15, -0.1) is 0 Å². The lowest BCUT2D eigenvalue weighted by Crippen LogP contribution is -2.59. The summed E-state index contributed by atoms with van der Waals surface area (Å²) in [6.45, 7) is 17.1. The van der Waals surface area contributed by atoms with Crippen LogP contribution < -0.4 is 0 Å². The normalized spacial score (nSPS) is 32.9. The van der Waals surface area contributed by atoms with E-state index in [4.69, 9.17) is 18.6 Å². The second kappa shape index (κ2) is 10.8. The molecule has 0 aromatic heterocycles. The highest BCUT2D eigenvalue weighted by atomic mass is 28.4. The first-order valence-corrected chi connectivity index (χ1v) is 14.3. The molecule has 2 heterocycles. The summed E-state index contributed by atoms with van der Waals surface area (Å²) in [4.78, 5) is 49.5. The molecule has 2 fully saturated rings. The van der Waals surface area contributed by atoms with Crippen molar-refractivity contribution in [3.63, 3.8) is 0 Å². The molecular weight excluding hydrogens is 444 g/mol. The average molecular weight is 485 g/mol. The number of carbonyl (C=O) groups is 4. The Hall–Kier alpha value is -1.58. The fourth-order valence-electron chi connectivity index (χ4n) is 5.94. The lowest BCUT2D eigenvalue weighted by atomic mass is 9.68. The van der Waals surface area contributed by atoms with E-state index >= 15 is 0 Å². The molecule has 0 N–H and O–H groups in total. The molecule has 8 nitrogen and oxygen atoms in total. The smallest absolute Gasteiger partial charge is 0.317 e. The SMILES string of the molecule is CC[Si](OCC1OC(C)C(C2C(=O)OC(=O)C2C)C(C(C)=O)C1OC(C)=O)(C(C)C)C(C)C. The predicted octanol–water partition coefficient (Wildman–Crippen LogP) is 3.66. The topological polar surface area (TPSA) is 105 Å². The molecule has 0 spiro atoms. The maximum absolute atomic E-state index is 12.9. The second-order valence-corrected chi connectivity index (χ2v) is 15.4. The fourth-order valence-corrected chi connectivity index (χ4v) is 10.2. The van der Waals surface area contributed by atoms with E-state index in [0.29, 0.717) is 11.1 Å². The molecule has 0 radical (unpaired) electrons. The average Bonchev–Trinajstić information content (AvgIpc) is 2.94. The number of hydrogen-bond acceptors (Lipinski definition) is 8. The van der Waals surface area contributed by atoms with E-state index in [2.05, 4.69) is 34.6 Å². The van der Waals surface area contributed by atoms with E-state index in [1.807, 2.05) is 0 Å². The quantitative estimate of drug-likeness (QED) is 0.277. The lowest BCUT2D eigenvalue weighted by Gasteiger charge is -2.47. The monoisotopic (exact) mass is 484 g/mol. The van der Waals surface area contributed by atoms with Crippen LogP contribution >= 0.6 is 0 Å². The Morgan fingerprint density at radius 1 is 1.03 bits per heavy atom. The number of esters is 3. The van der Waals surface area contributed by atoms with Crippen LogP contribution in [0, 0.1) is 23.7 Å². The second-order valence-electron chi connectivity index (χ2n) is 10.2. The summed E-state index contributed by atoms with van der Waals surface area (Å²) in [7, 11) is -2.15. The molecule has 0 amide bonds. The number of cyclic esters (lactones) is 2. The number of Topliss-reactive ketones (excluding diaryl/α,β-unsaturated/α-hetero) is 1. The molecule has 7 atom stereocenters. The highest BCUT2D eigenvalue weighted by Gasteiger charge is 2.57. The molecule has 2 saturated heterocycles. The Kier molecular flexibility index (Phi) is 9.03. The number of hydrogen-bond donors (Lipinski definition) is 0. The van der Waals surface area contributed by atoms with E-state index in [0.717, 1.165) is 6.04 Å². The van der Waals surface area contributed by atoms with Gasteiger partial charge < -0.3 is 18.6 Å². The van der Waals surface area contributed by atoms with Crippen molar-refractivity contribution in [3.05, 3.63) is 0 Å². The minimum absolute atomic E-state index is 0.193. The third-order valence-corrected chi connectivity index (χ3v) is 13.4. The molecule has 0 saturated carbocycles. The predicted molar refractivity (Wildman–Crippen MR) is 124 cm³/mol. The first kappa shape index (κ1) is 27.7. The summed E-state index contributed by atoms with van der Waals surface area (Å²) in [6.07, 6.45) is -2.12. The molecule has 188 valence electrons. The van der Waals surface area contributed by atoms with Crippen molar-refractivity contribution in [2.45, 2.75) is 97.8 Å². The van der Waals surface area contributed by atoms with Crippen LogP contribution in [0.15, 0.2) is 0 Å². The zero-order valence-electron chi connectivity index (χ0n) is 21.4. The van der Waals surface area contributed by atoms with Crippen LogP contribution in [0.25, 0.3) is 0 Å². The van der Waals surface area contributed by atoms with Gasteiger partial charge in [0.2, 0.25) is 0 Å². The first-order valence-electron chi connectivity index (χ1n) is 12.0. The molecule has 0 bridgehead atoms. The van der Waals surface area contributed by atoms with Crippen molar-refractivity contribution in [2.24, 2.45) is 23.7 Å². The third-order valence-electron chi connectivity index (χ3n) is 7.66. The number of carbonyl (C=O) groups excluding carboxylic acids is 4. The Morgan fingerprint density at radius 2 is 1.61 bits per heavy atom. The van der Waals surface area contributed by atoms with Crippen molar-refractivity contribution in [1.29, 1.82) is 0 Å². The molecule has 0 aliphatic carbocycles. The van der Waals surface area contributed by atoms with Crippen LogP contribution in [0.5, 0.6) is 0 Å². The van der Waals surface area contributed by atoms with Gasteiger partial charge >= 0.3 is 17.9 Å². The third kappa shape index (κ3) is 5.40. The van der Waals surface area contributed by atoms with Gasteiger partial charge in [-0.1, -0.05) is 41.5 Å². The summed E-state index contributed by atoms with van der Waals surface area (Å²) in [5.41, 5.74) is 0.735. The van der Waals surface area contributed by atoms with Gasteiger partial charge in [0.25, 0.3) is 0 Å². The largest absolute Gasteiger partial charge is 0.459 e. The lowest BCUT2D eigenvalue weighted by molar-refractivity contribution is -0.209. The first-order chi connectivity index (χ1) is 15.3. The zero-order valence-corrected chi connectivity index (χ0v) is 22.4. The molecule has 0 aromatic rings. The molecule has 2 rings (SSSR count). The Labute approximate surface area is 198 Å². The maximum atomic E-state index is 12.9. The van der Waals surface area contributed by atoms with E-state index in [-0.39, 0.29) is 12.4 Å². The molecular formula is C24H40O8Si. The molecule has 9 heteroatoms. The Morgan fingerprint density at radius 3 is 2.00 bits per heavy atom. The van der Waals surface area contributed by atoms with E-state index in [1.165, 1.54) is 13.8 Å². The van der Waals surface area contributed by atoms with Gasteiger partial charge in [0.1, 0.15) is 18.0 Å². The molecule has 7 unspecified atom stereocenters. The van der Waals surface area contributed by atoms with Crippen molar-refractivity contribution >= 4 is 32.0 Å². The minimum atomic E-state index is -2.15. The highest BCUT2D eigenvalue weighted by molar-refractivity contribution is 6.76. The summed E-state index contributed by atoms with van der Waals surface area (Å²) in [6, 6.07) is 0.926. The summed E-state index contributed by atoms with van der Waals surface area (Å²) in [5, 5.41) is 0. The summed E-state index contributed by atoms with van der Waals surface area (Å²) >= 11 is 0. The van der Waals surface area contributed by atoms with Gasteiger partial charge in [-0.3, -0.25) is 19.2 Å². The van der Waals surface area contributed by atoms with Crippen molar-refractivity contribution < 1.29 is 37.8 Å². The summed E-state index contributed by atoms with van der Waals surface area (Å²) in [5.74, 6) is -5.04. The molecule has 33 heavy (non-hydrogen) atoms. The maximum Gasteiger partial charge on any atom is 0.317 e. The van der Waals surface area contributed by atoms with Gasteiger partial charge in [0, 0.05) is 12.8 Å². The van der Waals surface area contributed by atoms with Gasteiger partial charge in [-0.2, -0.15) is 0 Å². The number of ketones is 1. The number of ether oxygens (including phenoxy) is 3. The zero-order chi connectivity index (χ0) is 25.2. The van der Waals surface area contributed by atoms with Crippen LogP contribution in [0.2, 0.25) is 17.1 Å². The van der Waals surface area contributed by atoms with Gasteiger partial charge in [0.05, 0.1) is 30.5 Å². The van der Waals surface area contributed by atoms with Crippen LogP contribution in [0.3, 0.4) is 0 Å². The van der Waals surface area contributed by atoms with E-state index < -0.39 is 68.2 Å². The van der Waals surface area contributed by atoms with E-state index in [1.54, 1.807) is 13.8 Å². The molecule has 0 aromatic carbocycles. The van der Waals surface area contributed by atoms with Crippen molar-refractivity contribution in [1.82, 2.24) is 0 Å². The van der Waals surface area contributed by atoms with Gasteiger partial charge in [-0.25, -0.2) is 0 Å². The minimum Gasteiger partial charge on any atom is -0.459 e. The number of rotatable bonds is 9. The Balaban J connectivity index is 2.42. The molecule has 2 aliphatic heterocycles.